The molecule has 0 radical (unpaired) electrons. The normalized spacial score (nSPS) is 16.9. The summed E-state index contributed by atoms with van der Waals surface area (Å²) in [6.07, 6.45) is -2.56. The molecule has 1 saturated heterocycles. The van der Waals surface area contributed by atoms with E-state index in [-0.39, 0.29) is 9.80 Å². The van der Waals surface area contributed by atoms with Gasteiger partial charge in [-0.25, -0.2) is 14.4 Å². The van der Waals surface area contributed by atoms with Crippen LogP contribution >= 0.6 is 0 Å². The quantitative estimate of drug-likeness (QED) is 0.560. The highest BCUT2D eigenvalue weighted by Crippen LogP contribution is 2.19. The number of ether oxygens (including phenoxy) is 2. The van der Waals surface area contributed by atoms with Crippen molar-refractivity contribution in [2.75, 3.05) is 14.2 Å². The molecule has 9 nitrogen and oxygen atoms in total. The van der Waals surface area contributed by atoms with Crippen molar-refractivity contribution < 1.29 is 33.4 Å². The summed E-state index contributed by atoms with van der Waals surface area (Å²) in [6, 6.07) is -1.41. The number of carbonyl (C=O) groups excluding carboxylic acids is 5. The average molecular weight is 258 g/mol. The molecule has 0 N–H and O–H groups in total. The van der Waals surface area contributed by atoms with E-state index in [0.717, 1.165) is 21.1 Å². The maximum Gasteiger partial charge on any atom is 0.424 e. The van der Waals surface area contributed by atoms with Gasteiger partial charge in [-0.15, -0.1) is 0 Å². The van der Waals surface area contributed by atoms with Crippen LogP contribution in [0, 0.1) is 5.92 Å². The Morgan fingerprint density at radius 3 is 1.56 bits per heavy atom. The first-order valence-electron chi connectivity index (χ1n) is 4.74. The molecule has 1 fully saturated rings. The zero-order chi connectivity index (χ0) is 14.0. The number of methoxy groups -OCH3 is 2. The Morgan fingerprint density at radius 1 is 0.944 bits per heavy atom. The summed E-state index contributed by atoms with van der Waals surface area (Å²) in [5, 5.41) is 0. The van der Waals surface area contributed by atoms with Gasteiger partial charge in [0.05, 0.1) is 14.2 Å². The highest BCUT2D eigenvalue weighted by molar-refractivity contribution is 6.26. The second kappa shape index (κ2) is 4.82. The number of nitrogens with zero attached hydrogens (tertiary/aromatic N) is 2. The predicted molar refractivity (Wildman–Crippen MR) is 53.1 cm³/mol. The van der Waals surface area contributed by atoms with Gasteiger partial charge in [0.1, 0.15) is 5.92 Å². The van der Waals surface area contributed by atoms with Gasteiger partial charge in [-0.1, -0.05) is 0 Å². The molecule has 1 aliphatic heterocycles. The smallest absolute Gasteiger partial charge is 0.424 e. The van der Waals surface area contributed by atoms with Gasteiger partial charge in [-0.2, -0.15) is 9.80 Å². The molecule has 0 aromatic heterocycles. The molecular weight excluding hydrogens is 248 g/mol. The Labute approximate surface area is 101 Å². The summed E-state index contributed by atoms with van der Waals surface area (Å²) < 4.78 is 8.46. The minimum atomic E-state index is -1.41. The van der Waals surface area contributed by atoms with Crippen molar-refractivity contribution in [1.82, 2.24) is 9.80 Å². The monoisotopic (exact) mass is 258 g/mol. The third-order valence-electron chi connectivity index (χ3n) is 2.28. The lowest BCUT2D eigenvalue weighted by atomic mass is 10.1. The summed E-state index contributed by atoms with van der Waals surface area (Å²) in [7, 11) is 1.90. The summed E-state index contributed by atoms with van der Waals surface area (Å²) in [6.45, 7) is 1.16. The van der Waals surface area contributed by atoms with E-state index in [4.69, 9.17) is 0 Å². The lowest BCUT2D eigenvalue weighted by Gasteiger charge is -2.31. The summed E-state index contributed by atoms with van der Waals surface area (Å²) in [5.74, 6) is -3.48. The molecule has 0 atom stereocenters. The van der Waals surface area contributed by atoms with Gasteiger partial charge in [-0.3, -0.25) is 9.59 Å². The van der Waals surface area contributed by atoms with Crippen LogP contribution in [0.25, 0.3) is 0 Å². The predicted octanol–water partition coefficient (Wildman–Crippen LogP) is -0.0539. The lowest BCUT2D eigenvalue weighted by molar-refractivity contribution is -0.145. The van der Waals surface area contributed by atoms with E-state index in [1.165, 1.54) is 0 Å². The van der Waals surface area contributed by atoms with Crippen LogP contribution in [0.15, 0.2) is 0 Å². The molecule has 0 aromatic rings. The van der Waals surface area contributed by atoms with E-state index in [9.17, 15) is 24.0 Å². The Hall–Kier alpha value is -2.45. The molecule has 0 unspecified atom stereocenters. The average Bonchev–Trinajstić information content (AvgIpc) is 2.35. The van der Waals surface area contributed by atoms with Gasteiger partial charge >= 0.3 is 18.2 Å². The van der Waals surface area contributed by atoms with Crippen molar-refractivity contribution in [2.24, 2.45) is 5.92 Å². The van der Waals surface area contributed by atoms with Crippen molar-refractivity contribution in [3.05, 3.63) is 0 Å². The van der Waals surface area contributed by atoms with Crippen molar-refractivity contribution in [1.29, 1.82) is 0 Å². The van der Waals surface area contributed by atoms with Gasteiger partial charge in [0, 0.05) is 0 Å². The molecule has 0 bridgehead atoms. The van der Waals surface area contributed by atoms with E-state index in [1.807, 2.05) is 0 Å². The number of urea groups is 1. The van der Waals surface area contributed by atoms with Crippen LogP contribution < -0.4 is 0 Å². The molecule has 0 spiro atoms. The van der Waals surface area contributed by atoms with Crippen LogP contribution in [0.2, 0.25) is 0 Å². The number of hydrogen-bond donors (Lipinski definition) is 0. The maximum atomic E-state index is 11.7. The first-order valence-corrected chi connectivity index (χ1v) is 4.74. The fourth-order valence-electron chi connectivity index (χ4n) is 1.30. The Kier molecular flexibility index (Phi) is 3.64. The van der Waals surface area contributed by atoms with Crippen LogP contribution in [0.1, 0.15) is 6.92 Å². The fourth-order valence-corrected chi connectivity index (χ4v) is 1.30. The second-order valence-corrected chi connectivity index (χ2v) is 3.29. The topological polar surface area (TPSA) is 110 Å². The number of amides is 6. The van der Waals surface area contributed by atoms with Crippen molar-refractivity contribution in [3.63, 3.8) is 0 Å². The summed E-state index contributed by atoms with van der Waals surface area (Å²) in [4.78, 5) is 57.6. The molecule has 1 rings (SSSR count). The molecule has 0 aromatic carbocycles. The highest BCUT2D eigenvalue weighted by atomic mass is 16.6. The molecule has 98 valence electrons. The maximum absolute atomic E-state index is 11.7. The molecule has 9 heteroatoms. The van der Waals surface area contributed by atoms with E-state index in [0.29, 0.717) is 0 Å². The van der Waals surface area contributed by atoms with Gasteiger partial charge in [0.2, 0.25) is 0 Å². The van der Waals surface area contributed by atoms with Crippen molar-refractivity contribution >= 4 is 30.0 Å². The van der Waals surface area contributed by atoms with Crippen LogP contribution in [0.3, 0.4) is 0 Å². The zero-order valence-electron chi connectivity index (χ0n) is 9.83. The Balaban J connectivity index is 3.20. The molecule has 1 aliphatic rings. The molecule has 6 amide bonds. The first-order chi connectivity index (χ1) is 8.36. The minimum Gasteiger partial charge on any atom is -0.452 e. The van der Waals surface area contributed by atoms with E-state index in [2.05, 4.69) is 9.47 Å². The van der Waals surface area contributed by atoms with Crippen LogP contribution in [0.4, 0.5) is 14.4 Å². The van der Waals surface area contributed by atoms with Crippen LogP contribution in [0.5, 0.6) is 0 Å². The second-order valence-electron chi connectivity index (χ2n) is 3.29. The minimum absolute atomic E-state index is 0.0724. The van der Waals surface area contributed by atoms with E-state index >= 15 is 0 Å². The van der Waals surface area contributed by atoms with Crippen LogP contribution in [-0.4, -0.2) is 54.1 Å². The number of hydrogen-bond acceptors (Lipinski definition) is 7. The zero-order valence-corrected chi connectivity index (χ0v) is 9.83. The number of barbiturate groups is 1. The number of imide groups is 6. The number of rotatable bonds is 0. The summed E-state index contributed by atoms with van der Waals surface area (Å²) in [5.41, 5.74) is 0. The molecule has 0 aliphatic carbocycles. The van der Waals surface area contributed by atoms with Gasteiger partial charge in [-0.05, 0) is 6.92 Å². The largest absolute Gasteiger partial charge is 0.452 e. The van der Waals surface area contributed by atoms with Crippen LogP contribution in [-0.2, 0) is 19.1 Å². The van der Waals surface area contributed by atoms with Crippen molar-refractivity contribution in [3.8, 4) is 0 Å². The molecular formula is C9H10N2O7. The Morgan fingerprint density at radius 2 is 1.28 bits per heavy atom. The van der Waals surface area contributed by atoms with E-state index in [1.54, 1.807) is 0 Å². The number of carbonyl (C=O) groups is 5. The van der Waals surface area contributed by atoms with Gasteiger partial charge in [0.15, 0.2) is 0 Å². The summed E-state index contributed by atoms with van der Waals surface area (Å²) >= 11 is 0. The van der Waals surface area contributed by atoms with Gasteiger partial charge in [0.25, 0.3) is 11.8 Å². The van der Waals surface area contributed by atoms with Crippen molar-refractivity contribution in [2.45, 2.75) is 6.92 Å². The molecule has 18 heavy (non-hydrogen) atoms. The fraction of sp³-hybridized carbons (Fsp3) is 0.444. The standard InChI is InChI=1S/C9H10N2O7/c1-4-5(12)10(8(15)17-2)7(14)11(6(4)13)9(16)18-3/h4H,1-3H3. The highest BCUT2D eigenvalue weighted by Gasteiger charge is 2.50. The SMILES string of the molecule is COC(=O)N1C(=O)C(C)C(=O)N(C(=O)OC)C1=O. The van der Waals surface area contributed by atoms with Gasteiger partial charge < -0.3 is 9.47 Å². The third-order valence-corrected chi connectivity index (χ3v) is 2.28. The first kappa shape index (κ1) is 13.6. The Bertz CT molecular complexity index is 406. The van der Waals surface area contributed by atoms with E-state index < -0.39 is 35.9 Å². The molecule has 0 saturated carbocycles. The third kappa shape index (κ3) is 1.90. The molecule has 1 heterocycles. The lowest BCUT2D eigenvalue weighted by Crippen LogP contribution is -2.62.